The van der Waals surface area contributed by atoms with Crippen molar-refractivity contribution in [1.82, 2.24) is 9.97 Å². The summed E-state index contributed by atoms with van der Waals surface area (Å²) >= 11 is 0. The number of para-hydroxylation sites is 1. The highest BCUT2D eigenvalue weighted by Gasteiger charge is 2.39. The highest BCUT2D eigenvalue weighted by molar-refractivity contribution is 5.95. The Labute approximate surface area is 287 Å². The summed E-state index contributed by atoms with van der Waals surface area (Å²) in [6.07, 6.45) is -7.81. The standard InChI is InChI=1S/C29H32FN5O2.2C2HF3O2/c1-5-19-14-24(28(30)26(15-19)37-18(2)3)35(21-12-10-20(11-13-21)29(31)32)17-27-33-16-23(34-27)22-8-6-7-9-25(22)36-4;2*3-2(4,5)1(6)7/h6-16,18H,5,17H2,1-4H3,(H3,31,32)(H,33,34);2*(H,6,7). The second-order valence-electron chi connectivity index (χ2n) is 10.5. The average molecular weight is 730 g/mol. The van der Waals surface area contributed by atoms with Crippen LogP contribution in [0.1, 0.15) is 37.7 Å². The maximum absolute atomic E-state index is 15.9. The highest BCUT2D eigenvalue weighted by atomic mass is 19.4. The predicted molar refractivity (Wildman–Crippen MR) is 173 cm³/mol. The zero-order chi connectivity index (χ0) is 38.7. The Kier molecular flexibility index (Phi) is 14.4. The predicted octanol–water partition coefficient (Wildman–Crippen LogP) is 7.46. The summed E-state index contributed by atoms with van der Waals surface area (Å²) in [6.45, 7) is 6.03. The molecule has 0 aliphatic heterocycles. The monoisotopic (exact) mass is 729 g/mol. The maximum Gasteiger partial charge on any atom is 0.490 e. The molecule has 0 aliphatic rings. The van der Waals surface area contributed by atoms with Gasteiger partial charge in [0.15, 0.2) is 11.6 Å². The van der Waals surface area contributed by atoms with Crippen molar-refractivity contribution in [3.05, 3.63) is 89.6 Å². The number of nitrogen functional groups attached to an aromatic ring is 1. The fraction of sp³-hybridized carbons (Fsp3) is 0.273. The molecule has 0 saturated carbocycles. The summed E-state index contributed by atoms with van der Waals surface area (Å²) in [5.74, 6) is -4.42. The van der Waals surface area contributed by atoms with Crippen LogP contribution in [0.3, 0.4) is 0 Å². The van der Waals surface area contributed by atoms with Crippen LogP contribution >= 0.6 is 0 Å². The van der Waals surface area contributed by atoms with Gasteiger partial charge in [-0.3, -0.25) is 5.41 Å². The number of hydrogen-bond donors (Lipinski definition) is 5. The maximum atomic E-state index is 15.9. The molecule has 1 heterocycles. The Morgan fingerprint density at radius 3 is 1.98 bits per heavy atom. The van der Waals surface area contributed by atoms with Gasteiger partial charge in [-0.2, -0.15) is 26.3 Å². The number of nitrogens with zero attached hydrogens (tertiary/aromatic N) is 2. The number of amidine groups is 1. The number of nitrogens with two attached hydrogens (primary N) is 1. The Hall–Kier alpha value is -5.81. The Morgan fingerprint density at radius 2 is 1.51 bits per heavy atom. The van der Waals surface area contributed by atoms with Crippen LogP contribution in [0.4, 0.5) is 42.1 Å². The van der Waals surface area contributed by atoms with E-state index in [0.717, 1.165) is 34.7 Å². The fourth-order valence-corrected chi connectivity index (χ4v) is 4.10. The van der Waals surface area contributed by atoms with Crippen LogP contribution in [-0.4, -0.2) is 63.5 Å². The molecule has 3 aromatic carbocycles. The number of carbonyl (C=O) groups is 2. The third-order valence-corrected chi connectivity index (χ3v) is 6.44. The number of ether oxygens (including phenoxy) is 2. The Balaban J connectivity index is 0.000000543. The number of imidazole rings is 1. The lowest BCUT2D eigenvalue weighted by atomic mass is 10.1. The second kappa shape index (κ2) is 17.7. The first-order chi connectivity index (χ1) is 23.7. The molecule has 0 radical (unpaired) electrons. The number of rotatable bonds is 10. The zero-order valence-corrected chi connectivity index (χ0v) is 27.5. The van der Waals surface area contributed by atoms with Gasteiger partial charge in [0, 0.05) is 23.0 Å². The lowest BCUT2D eigenvalue weighted by Gasteiger charge is -2.26. The number of aliphatic carboxylic acids is 2. The van der Waals surface area contributed by atoms with Crippen molar-refractivity contribution in [3.63, 3.8) is 0 Å². The smallest absolute Gasteiger partial charge is 0.490 e. The number of benzene rings is 3. The Morgan fingerprint density at radius 1 is 0.961 bits per heavy atom. The summed E-state index contributed by atoms with van der Waals surface area (Å²) in [5.41, 5.74) is 9.88. The molecule has 51 heavy (non-hydrogen) atoms. The van der Waals surface area contributed by atoms with Crippen LogP contribution in [0.2, 0.25) is 0 Å². The number of carboxylic acids is 2. The van der Waals surface area contributed by atoms with Crippen molar-refractivity contribution in [2.75, 3.05) is 12.0 Å². The van der Waals surface area contributed by atoms with Gasteiger partial charge in [0.05, 0.1) is 31.1 Å². The number of aromatic nitrogens is 2. The van der Waals surface area contributed by atoms with Crippen molar-refractivity contribution < 1.29 is 60.0 Å². The fourth-order valence-electron chi connectivity index (χ4n) is 4.10. The first-order valence-electron chi connectivity index (χ1n) is 14.7. The van der Waals surface area contributed by atoms with Gasteiger partial charge in [-0.05, 0) is 74.4 Å². The minimum absolute atomic E-state index is 0.0302. The quantitative estimate of drug-likeness (QED) is 0.0630. The number of carboxylic acid groups (broad SMARTS) is 2. The lowest BCUT2D eigenvalue weighted by molar-refractivity contribution is -0.193. The molecular formula is C33H34F7N5O6. The minimum Gasteiger partial charge on any atom is -0.496 e. The zero-order valence-electron chi connectivity index (χ0n) is 27.5. The van der Waals surface area contributed by atoms with Gasteiger partial charge < -0.3 is 35.3 Å². The molecule has 0 aliphatic carbocycles. The van der Waals surface area contributed by atoms with Gasteiger partial charge in [0.25, 0.3) is 0 Å². The summed E-state index contributed by atoms with van der Waals surface area (Å²) in [5, 5.41) is 22.0. The van der Waals surface area contributed by atoms with Crippen molar-refractivity contribution in [1.29, 1.82) is 5.41 Å². The summed E-state index contributed by atoms with van der Waals surface area (Å²) in [7, 11) is 1.62. The van der Waals surface area contributed by atoms with Crippen LogP contribution in [0.15, 0.2) is 66.9 Å². The van der Waals surface area contributed by atoms with E-state index in [-0.39, 0.29) is 24.2 Å². The number of H-pyrrole nitrogens is 1. The Bertz CT molecular complexity index is 1770. The van der Waals surface area contributed by atoms with E-state index in [1.165, 1.54) is 0 Å². The van der Waals surface area contributed by atoms with Gasteiger partial charge in [-0.25, -0.2) is 19.0 Å². The molecule has 18 heteroatoms. The molecule has 4 aromatic rings. The lowest BCUT2D eigenvalue weighted by Crippen LogP contribution is -2.21. The molecule has 6 N–H and O–H groups in total. The number of aryl methyl sites for hydroxylation is 1. The molecule has 0 fully saturated rings. The average Bonchev–Trinajstić information content (AvgIpc) is 3.52. The SMILES string of the molecule is CCc1cc(OC(C)C)c(F)c(N(Cc2nc(-c3ccccc3OC)c[nH]2)c2ccc(C(=N)N)cc2)c1.O=C(O)C(F)(F)F.O=C(O)C(F)(F)F. The van der Waals surface area contributed by atoms with Crippen molar-refractivity contribution in [3.8, 4) is 22.8 Å². The largest absolute Gasteiger partial charge is 0.496 e. The van der Waals surface area contributed by atoms with Crippen molar-refractivity contribution >= 4 is 29.1 Å². The van der Waals surface area contributed by atoms with Gasteiger partial charge >= 0.3 is 24.3 Å². The number of halogens is 7. The molecule has 0 atom stereocenters. The third-order valence-electron chi connectivity index (χ3n) is 6.44. The molecule has 0 spiro atoms. The van der Waals surface area contributed by atoms with Crippen LogP contribution in [0.5, 0.6) is 11.5 Å². The van der Waals surface area contributed by atoms with Gasteiger partial charge in [-0.1, -0.05) is 19.1 Å². The van der Waals surface area contributed by atoms with E-state index in [1.54, 1.807) is 25.3 Å². The summed E-state index contributed by atoms with van der Waals surface area (Å²) < 4.78 is 90.7. The molecule has 0 amide bonds. The third kappa shape index (κ3) is 12.2. The van der Waals surface area contributed by atoms with Crippen LogP contribution in [-0.2, 0) is 22.6 Å². The van der Waals surface area contributed by atoms with Crippen molar-refractivity contribution in [2.24, 2.45) is 5.73 Å². The normalized spacial score (nSPS) is 11.1. The molecule has 11 nitrogen and oxygen atoms in total. The van der Waals surface area contributed by atoms with Crippen LogP contribution in [0, 0.1) is 11.2 Å². The van der Waals surface area contributed by atoms with E-state index in [4.69, 9.17) is 45.4 Å². The molecule has 0 saturated heterocycles. The van der Waals surface area contributed by atoms with E-state index < -0.39 is 30.1 Å². The molecule has 4 rings (SSSR count). The number of aromatic amines is 1. The van der Waals surface area contributed by atoms with Crippen LogP contribution < -0.4 is 20.1 Å². The summed E-state index contributed by atoms with van der Waals surface area (Å²) in [6, 6.07) is 18.4. The molecule has 276 valence electrons. The number of anilines is 2. The number of hydrogen-bond acceptors (Lipinski definition) is 7. The summed E-state index contributed by atoms with van der Waals surface area (Å²) in [4.78, 5) is 27.7. The number of methoxy groups -OCH3 is 1. The minimum atomic E-state index is -5.08. The van der Waals surface area contributed by atoms with Gasteiger partial charge in [-0.15, -0.1) is 0 Å². The molecule has 0 bridgehead atoms. The van der Waals surface area contributed by atoms with E-state index in [1.807, 2.05) is 74.3 Å². The highest BCUT2D eigenvalue weighted by Crippen LogP contribution is 2.36. The van der Waals surface area contributed by atoms with Gasteiger partial charge in [0.1, 0.15) is 17.4 Å². The van der Waals surface area contributed by atoms with E-state index >= 15 is 4.39 Å². The van der Waals surface area contributed by atoms with E-state index in [2.05, 4.69) is 4.98 Å². The topological polar surface area (TPSA) is 175 Å². The number of alkyl halides is 6. The first-order valence-corrected chi connectivity index (χ1v) is 14.7. The van der Waals surface area contributed by atoms with Gasteiger partial charge in [0.2, 0.25) is 0 Å². The van der Waals surface area contributed by atoms with Crippen LogP contribution in [0.25, 0.3) is 11.3 Å². The number of nitrogens with one attached hydrogen (secondary N) is 2. The van der Waals surface area contributed by atoms with E-state index in [9.17, 15) is 26.3 Å². The van der Waals surface area contributed by atoms with E-state index in [0.29, 0.717) is 17.1 Å². The molecule has 0 unspecified atom stereocenters. The first kappa shape index (κ1) is 41.4. The molecule has 1 aromatic heterocycles. The molecular weight excluding hydrogens is 695 g/mol. The second-order valence-corrected chi connectivity index (χ2v) is 10.5. The van der Waals surface area contributed by atoms with Crippen molar-refractivity contribution in [2.45, 2.75) is 52.2 Å².